The Kier molecular flexibility index (Phi) is 3.28. The molecule has 1 N–H and O–H groups in total. The lowest BCUT2D eigenvalue weighted by atomic mass is 9.77. The highest BCUT2D eigenvalue weighted by molar-refractivity contribution is 5.88. The van der Waals surface area contributed by atoms with E-state index in [1.807, 2.05) is 6.07 Å². The van der Waals surface area contributed by atoms with Gasteiger partial charge in [-0.3, -0.25) is 4.79 Å². The molecule has 3 aliphatic carbocycles. The quantitative estimate of drug-likeness (QED) is 0.898. The van der Waals surface area contributed by atoms with Crippen LogP contribution < -0.4 is 5.32 Å². The summed E-state index contributed by atoms with van der Waals surface area (Å²) in [6.07, 6.45) is 9.69. The van der Waals surface area contributed by atoms with Gasteiger partial charge in [0.2, 0.25) is 5.91 Å². The molecule has 21 heavy (non-hydrogen) atoms. The summed E-state index contributed by atoms with van der Waals surface area (Å²) in [5.74, 6) is 1.95. The van der Waals surface area contributed by atoms with E-state index in [1.54, 1.807) is 0 Å². The summed E-state index contributed by atoms with van der Waals surface area (Å²) in [5.41, 5.74) is 0.978. The van der Waals surface area contributed by atoms with Gasteiger partial charge in [0.15, 0.2) is 0 Å². The van der Waals surface area contributed by atoms with Crippen LogP contribution >= 0.6 is 0 Å². The average Bonchev–Trinajstić information content (AvgIpc) is 3.25. The second-order valence-corrected chi connectivity index (χ2v) is 7.41. The first-order valence-corrected chi connectivity index (χ1v) is 8.64. The summed E-state index contributed by atoms with van der Waals surface area (Å²) in [7, 11) is 0. The molecular weight excluding hydrogens is 258 g/mol. The molecule has 0 aromatic heterocycles. The first-order valence-electron chi connectivity index (χ1n) is 8.64. The molecule has 3 aliphatic rings. The highest BCUT2D eigenvalue weighted by Crippen LogP contribution is 2.46. The van der Waals surface area contributed by atoms with Crippen LogP contribution in [-0.2, 0) is 10.2 Å². The lowest BCUT2D eigenvalue weighted by Gasteiger charge is -2.32. The Bertz CT molecular complexity index is 518. The first kappa shape index (κ1) is 13.4. The molecule has 0 saturated heterocycles. The molecule has 0 spiro atoms. The van der Waals surface area contributed by atoms with Crippen molar-refractivity contribution in [3.05, 3.63) is 35.9 Å². The summed E-state index contributed by atoms with van der Waals surface area (Å²) in [5, 5.41) is 3.45. The number of hydrogen-bond donors (Lipinski definition) is 1. The van der Waals surface area contributed by atoms with Crippen molar-refractivity contribution in [1.29, 1.82) is 0 Å². The molecule has 0 unspecified atom stereocenters. The van der Waals surface area contributed by atoms with Crippen LogP contribution in [0.15, 0.2) is 30.3 Å². The fourth-order valence-electron chi connectivity index (χ4n) is 5.11. The van der Waals surface area contributed by atoms with E-state index in [1.165, 1.54) is 44.1 Å². The summed E-state index contributed by atoms with van der Waals surface area (Å²) in [6, 6.07) is 10.9. The van der Waals surface area contributed by atoms with Gasteiger partial charge in [-0.05, 0) is 49.5 Å². The molecule has 0 radical (unpaired) electrons. The highest BCUT2D eigenvalue weighted by atomic mass is 16.2. The molecule has 3 atom stereocenters. The Morgan fingerprint density at radius 3 is 2.43 bits per heavy atom. The molecule has 0 aliphatic heterocycles. The SMILES string of the molecule is O=C(N[C@@H]1C[C@H]2CC[C@@H]1C2)C1(c2ccccc2)CCCC1. The van der Waals surface area contributed by atoms with E-state index in [0.29, 0.717) is 11.9 Å². The van der Waals surface area contributed by atoms with Crippen molar-refractivity contribution in [2.75, 3.05) is 0 Å². The standard InChI is InChI=1S/C19H25NO/c21-18(20-17-13-14-8-9-15(17)12-14)19(10-4-5-11-19)16-6-2-1-3-7-16/h1-3,6-7,14-15,17H,4-5,8-13H2,(H,20,21)/t14-,15+,17+/m0/s1. The van der Waals surface area contributed by atoms with Crippen molar-refractivity contribution >= 4 is 5.91 Å². The number of carbonyl (C=O) groups excluding carboxylic acids is 1. The molecule has 1 aromatic rings. The average molecular weight is 283 g/mol. The largest absolute Gasteiger partial charge is 0.352 e. The van der Waals surface area contributed by atoms with E-state index in [2.05, 4.69) is 29.6 Å². The number of rotatable bonds is 3. The van der Waals surface area contributed by atoms with Gasteiger partial charge in [-0.2, -0.15) is 0 Å². The summed E-state index contributed by atoms with van der Waals surface area (Å²) >= 11 is 0. The molecule has 4 rings (SSSR count). The molecular formula is C19H25NO. The van der Waals surface area contributed by atoms with Crippen LogP contribution in [0.1, 0.15) is 56.9 Å². The first-order chi connectivity index (χ1) is 10.3. The van der Waals surface area contributed by atoms with Gasteiger partial charge in [-0.25, -0.2) is 0 Å². The maximum absolute atomic E-state index is 13.1. The summed E-state index contributed by atoms with van der Waals surface area (Å²) < 4.78 is 0. The van der Waals surface area contributed by atoms with E-state index in [0.717, 1.165) is 24.7 Å². The summed E-state index contributed by atoms with van der Waals surface area (Å²) in [6.45, 7) is 0. The number of nitrogens with one attached hydrogen (secondary N) is 1. The van der Waals surface area contributed by atoms with Crippen LogP contribution in [0.3, 0.4) is 0 Å². The van der Waals surface area contributed by atoms with Crippen LogP contribution in [0.25, 0.3) is 0 Å². The van der Waals surface area contributed by atoms with Gasteiger partial charge in [0, 0.05) is 6.04 Å². The normalized spacial score (nSPS) is 33.2. The van der Waals surface area contributed by atoms with Gasteiger partial charge in [0.1, 0.15) is 0 Å². The van der Waals surface area contributed by atoms with Crippen LogP contribution in [0, 0.1) is 11.8 Å². The van der Waals surface area contributed by atoms with Gasteiger partial charge in [0.25, 0.3) is 0 Å². The molecule has 2 nitrogen and oxygen atoms in total. The molecule has 1 aromatic carbocycles. The number of hydrogen-bond acceptors (Lipinski definition) is 1. The molecule has 2 heteroatoms. The van der Waals surface area contributed by atoms with Crippen LogP contribution in [0.4, 0.5) is 0 Å². The minimum Gasteiger partial charge on any atom is -0.352 e. The zero-order valence-corrected chi connectivity index (χ0v) is 12.7. The number of fused-ring (bicyclic) bond motifs is 2. The zero-order valence-electron chi connectivity index (χ0n) is 12.7. The Labute approximate surface area is 127 Å². The van der Waals surface area contributed by atoms with Crippen LogP contribution in [-0.4, -0.2) is 11.9 Å². The number of benzene rings is 1. The van der Waals surface area contributed by atoms with Crippen molar-refractivity contribution in [2.24, 2.45) is 11.8 Å². The molecule has 0 heterocycles. The predicted octanol–water partition coefficient (Wildman–Crippen LogP) is 3.80. The second kappa shape index (κ2) is 5.15. The van der Waals surface area contributed by atoms with E-state index in [4.69, 9.17) is 0 Å². The van der Waals surface area contributed by atoms with Gasteiger partial charge >= 0.3 is 0 Å². The third kappa shape index (κ3) is 2.20. The molecule has 1 amide bonds. The third-order valence-corrected chi connectivity index (χ3v) is 6.27. The van der Waals surface area contributed by atoms with E-state index in [-0.39, 0.29) is 5.41 Å². The van der Waals surface area contributed by atoms with Gasteiger partial charge in [-0.1, -0.05) is 49.6 Å². The Balaban J connectivity index is 1.55. The minimum absolute atomic E-state index is 0.247. The molecule has 3 saturated carbocycles. The Hall–Kier alpha value is -1.31. The summed E-state index contributed by atoms with van der Waals surface area (Å²) in [4.78, 5) is 13.1. The molecule has 2 bridgehead atoms. The van der Waals surface area contributed by atoms with E-state index < -0.39 is 0 Å². The number of amides is 1. The second-order valence-electron chi connectivity index (χ2n) is 7.41. The third-order valence-electron chi connectivity index (χ3n) is 6.27. The van der Waals surface area contributed by atoms with Crippen molar-refractivity contribution < 1.29 is 4.79 Å². The van der Waals surface area contributed by atoms with Crippen molar-refractivity contribution in [1.82, 2.24) is 5.32 Å². The lowest BCUT2D eigenvalue weighted by molar-refractivity contribution is -0.127. The minimum atomic E-state index is -0.247. The Morgan fingerprint density at radius 2 is 1.81 bits per heavy atom. The molecule has 112 valence electrons. The van der Waals surface area contributed by atoms with Crippen LogP contribution in [0.2, 0.25) is 0 Å². The van der Waals surface area contributed by atoms with Gasteiger partial charge < -0.3 is 5.32 Å². The monoisotopic (exact) mass is 283 g/mol. The zero-order chi connectivity index (χ0) is 14.3. The van der Waals surface area contributed by atoms with Crippen molar-refractivity contribution in [3.8, 4) is 0 Å². The molecule has 3 fully saturated rings. The maximum atomic E-state index is 13.1. The highest BCUT2D eigenvalue weighted by Gasteiger charge is 2.46. The lowest BCUT2D eigenvalue weighted by Crippen LogP contribution is -2.48. The fraction of sp³-hybridized carbons (Fsp3) is 0.632. The van der Waals surface area contributed by atoms with Crippen LogP contribution in [0.5, 0.6) is 0 Å². The van der Waals surface area contributed by atoms with Gasteiger partial charge in [-0.15, -0.1) is 0 Å². The van der Waals surface area contributed by atoms with Gasteiger partial charge in [0.05, 0.1) is 5.41 Å². The predicted molar refractivity (Wildman–Crippen MR) is 84.0 cm³/mol. The smallest absolute Gasteiger partial charge is 0.230 e. The van der Waals surface area contributed by atoms with Crippen molar-refractivity contribution in [3.63, 3.8) is 0 Å². The van der Waals surface area contributed by atoms with E-state index >= 15 is 0 Å². The van der Waals surface area contributed by atoms with E-state index in [9.17, 15) is 4.79 Å². The Morgan fingerprint density at radius 1 is 1.05 bits per heavy atom. The topological polar surface area (TPSA) is 29.1 Å². The van der Waals surface area contributed by atoms with Crippen molar-refractivity contribution in [2.45, 2.75) is 62.8 Å². The maximum Gasteiger partial charge on any atom is 0.230 e. The fourth-order valence-corrected chi connectivity index (χ4v) is 5.11. The number of carbonyl (C=O) groups is 1.